The van der Waals surface area contributed by atoms with E-state index in [1.807, 2.05) is 0 Å². The number of hydrogen-bond acceptors (Lipinski definition) is 1. The fourth-order valence-corrected chi connectivity index (χ4v) is 3.64. The molecule has 1 aliphatic rings. The van der Waals surface area contributed by atoms with Crippen LogP contribution in [-0.2, 0) is 6.42 Å². The molecule has 1 aliphatic carbocycles. The maximum Gasteiger partial charge on any atom is 0.124 e. The average Bonchev–Trinajstić information content (AvgIpc) is 2.47. The van der Waals surface area contributed by atoms with Gasteiger partial charge in [0, 0.05) is 11.1 Å². The van der Waals surface area contributed by atoms with Crippen molar-refractivity contribution in [1.29, 1.82) is 0 Å². The highest BCUT2D eigenvalue weighted by Gasteiger charge is 2.23. The predicted octanol–water partition coefficient (Wildman–Crippen LogP) is 4.99. The zero-order valence-corrected chi connectivity index (χ0v) is 12.6. The summed E-state index contributed by atoms with van der Waals surface area (Å²) >= 11 is 6.12. The zero-order chi connectivity index (χ0) is 14.8. The lowest BCUT2D eigenvalue weighted by atomic mass is 9.79. The second kappa shape index (κ2) is 6.17. The second-order valence-corrected chi connectivity index (χ2v) is 6.20. The van der Waals surface area contributed by atoms with Gasteiger partial charge in [-0.15, -0.1) is 0 Å². The Morgan fingerprint density at radius 3 is 2.86 bits per heavy atom. The Balaban J connectivity index is 1.81. The molecular weight excluding hydrogens is 285 g/mol. The van der Waals surface area contributed by atoms with E-state index >= 15 is 0 Å². The number of halogens is 2. The Hall–Kier alpha value is -1.38. The molecule has 2 N–H and O–H groups in total. The van der Waals surface area contributed by atoms with Crippen LogP contribution in [0.5, 0.6) is 0 Å². The highest BCUT2D eigenvalue weighted by molar-refractivity contribution is 6.31. The molecule has 3 heteroatoms. The van der Waals surface area contributed by atoms with Crippen LogP contribution < -0.4 is 5.73 Å². The van der Waals surface area contributed by atoms with E-state index in [0.717, 1.165) is 24.8 Å². The molecule has 0 aromatic heterocycles. The van der Waals surface area contributed by atoms with Crippen LogP contribution in [0.3, 0.4) is 0 Å². The third-order valence-electron chi connectivity index (χ3n) is 4.39. The third kappa shape index (κ3) is 3.12. The van der Waals surface area contributed by atoms with Gasteiger partial charge in [-0.2, -0.15) is 0 Å². The van der Waals surface area contributed by atoms with Crippen LogP contribution in [-0.4, -0.2) is 0 Å². The molecule has 21 heavy (non-hydrogen) atoms. The smallest absolute Gasteiger partial charge is 0.124 e. The van der Waals surface area contributed by atoms with E-state index in [2.05, 4.69) is 24.3 Å². The van der Waals surface area contributed by atoms with Crippen molar-refractivity contribution in [2.75, 3.05) is 0 Å². The molecule has 0 saturated heterocycles. The molecule has 1 nitrogen and oxygen atoms in total. The normalized spacial score (nSPS) is 19.1. The average molecular weight is 304 g/mol. The summed E-state index contributed by atoms with van der Waals surface area (Å²) in [7, 11) is 0. The molecule has 0 heterocycles. The van der Waals surface area contributed by atoms with E-state index in [0.29, 0.717) is 10.9 Å². The monoisotopic (exact) mass is 303 g/mol. The summed E-state index contributed by atoms with van der Waals surface area (Å²) in [6.45, 7) is 0. The minimum Gasteiger partial charge on any atom is -0.324 e. The van der Waals surface area contributed by atoms with Crippen LogP contribution in [0.4, 0.5) is 4.39 Å². The molecule has 2 aromatic rings. The van der Waals surface area contributed by atoms with Crippen molar-refractivity contribution in [3.05, 3.63) is 70.0 Å². The summed E-state index contributed by atoms with van der Waals surface area (Å²) < 4.78 is 13.1. The first-order valence-electron chi connectivity index (χ1n) is 7.43. The molecule has 0 aliphatic heterocycles. The van der Waals surface area contributed by atoms with Gasteiger partial charge >= 0.3 is 0 Å². The lowest BCUT2D eigenvalue weighted by molar-refractivity contribution is 0.476. The minimum atomic E-state index is -0.320. The molecule has 110 valence electrons. The number of hydrogen-bond donors (Lipinski definition) is 1. The van der Waals surface area contributed by atoms with Crippen LogP contribution in [0.15, 0.2) is 42.5 Å². The van der Waals surface area contributed by atoms with Crippen molar-refractivity contribution in [1.82, 2.24) is 0 Å². The van der Waals surface area contributed by atoms with Crippen molar-refractivity contribution in [3.8, 4) is 0 Å². The van der Waals surface area contributed by atoms with Gasteiger partial charge in [0.15, 0.2) is 0 Å². The van der Waals surface area contributed by atoms with Gasteiger partial charge in [0.25, 0.3) is 0 Å². The first-order valence-corrected chi connectivity index (χ1v) is 7.81. The summed E-state index contributed by atoms with van der Waals surface area (Å²) in [6.07, 6.45) is 4.36. The van der Waals surface area contributed by atoms with Crippen molar-refractivity contribution in [3.63, 3.8) is 0 Å². The molecular formula is C18H19ClFN. The van der Waals surface area contributed by atoms with Gasteiger partial charge in [-0.3, -0.25) is 0 Å². The molecule has 0 radical (unpaired) electrons. The first kappa shape index (κ1) is 14.6. The highest BCUT2D eigenvalue weighted by Crippen LogP contribution is 2.38. The topological polar surface area (TPSA) is 26.0 Å². The standard InChI is InChI=1S/C18H19ClFN/c19-17-11-14(20)8-9-16(17)18(21)10-13-6-3-5-12-4-1-2-7-15(12)13/h1-2,4,7-9,11,13,18H,3,5-6,10,21H2. The van der Waals surface area contributed by atoms with Gasteiger partial charge in [-0.1, -0.05) is 41.9 Å². The maximum atomic E-state index is 13.1. The van der Waals surface area contributed by atoms with Crippen LogP contribution in [0.25, 0.3) is 0 Å². The second-order valence-electron chi connectivity index (χ2n) is 5.80. The van der Waals surface area contributed by atoms with Gasteiger partial charge in [-0.05, 0) is 60.4 Å². The van der Waals surface area contributed by atoms with Crippen molar-refractivity contribution in [2.45, 2.75) is 37.6 Å². The van der Waals surface area contributed by atoms with Gasteiger partial charge in [0.1, 0.15) is 5.82 Å². The van der Waals surface area contributed by atoms with Gasteiger partial charge in [-0.25, -0.2) is 4.39 Å². The van der Waals surface area contributed by atoms with Gasteiger partial charge < -0.3 is 5.73 Å². The molecule has 0 saturated carbocycles. The van der Waals surface area contributed by atoms with E-state index in [-0.39, 0.29) is 11.9 Å². The molecule has 0 spiro atoms. The minimum absolute atomic E-state index is 0.158. The Labute approximate surface area is 129 Å². The van der Waals surface area contributed by atoms with Crippen molar-refractivity contribution < 1.29 is 4.39 Å². The number of nitrogens with two attached hydrogens (primary N) is 1. The summed E-state index contributed by atoms with van der Waals surface area (Å²) in [6, 6.07) is 12.9. The zero-order valence-electron chi connectivity index (χ0n) is 11.9. The molecule has 2 aromatic carbocycles. The van der Waals surface area contributed by atoms with Crippen molar-refractivity contribution >= 4 is 11.6 Å². The largest absolute Gasteiger partial charge is 0.324 e. The maximum absolute atomic E-state index is 13.1. The third-order valence-corrected chi connectivity index (χ3v) is 4.72. The highest BCUT2D eigenvalue weighted by atomic mass is 35.5. The predicted molar refractivity (Wildman–Crippen MR) is 85.1 cm³/mol. The van der Waals surface area contributed by atoms with E-state index in [1.165, 1.54) is 29.7 Å². The first-order chi connectivity index (χ1) is 10.1. The van der Waals surface area contributed by atoms with Crippen LogP contribution in [0, 0.1) is 5.82 Å². The van der Waals surface area contributed by atoms with Gasteiger partial charge in [0.2, 0.25) is 0 Å². The molecule has 0 bridgehead atoms. The molecule has 2 atom stereocenters. The fraction of sp³-hybridized carbons (Fsp3) is 0.333. The molecule has 2 unspecified atom stereocenters. The van der Waals surface area contributed by atoms with E-state index < -0.39 is 0 Å². The van der Waals surface area contributed by atoms with Crippen LogP contribution >= 0.6 is 11.6 Å². The molecule has 3 rings (SSSR count). The number of fused-ring (bicyclic) bond motifs is 1. The number of benzene rings is 2. The van der Waals surface area contributed by atoms with E-state index in [1.54, 1.807) is 6.07 Å². The Kier molecular flexibility index (Phi) is 4.27. The Morgan fingerprint density at radius 2 is 2.05 bits per heavy atom. The number of aryl methyl sites for hydroxylation is 1. The van der Waals surface area contributed by atoms with E-state index in [9.17, 15) is 4.39 Å². The number of rotatable bonds is 3. The quantitative estimate of drug-likeness (QED) is 0.849. The fourth-order valence-electron chi connectivity index (χ4n) is 3.34. The van der Waals surface area contributed by atoms with Crippen LogP contribution in [0.2, 0.25) is 5.02 Å². The Morgan fingerprint density at radius 1 is 1.24 bits per heavy atom. The Bertz CT molecular complexity index is 641. The van der Waals surface area contributed by atoms with Crippen LogP contribution in [0.1, 0.15) is 47.9 Å². The van der Waals surface area contributed by atoms with Crippen molar-refractivity contribution in [2.24, 2.45) is 5.73 Å². The summed E-state index contributed by atoms with van der Waals surface area (Å²) in [5.74, 6) is 0.144. The molecule has 0 amide bonds. The lowest BCUT2D eigenvalue weighted by Gasteiger charge is -2.28. The summed E-state index contributed by atoms with van der Waals surface area (Å²) in [4.78, 5) is 0. The SMILES string of the molecule is NC(CC1CCCc2ccccc21)c1ccc(F)cc1Cl. The summed E-state index contributed by atoms with van der Waals surface area (Å²) in [5.41, 5.74) is 10.0. The van der Waals surface area contributed by atoms with Gasteiger partial charge in [0.05, 0.1) is 0 Å². The summed E-state index contributed by atoms with van der Waals surface area (Å²) in [5, 5.41) is 0.423. The molecule has 0 fully saturated rings. The van der Waals surface area contributed by atoms with E-state index in [4.69, 9.17) is 17.3 Å². The lowest BCUT2D eigenvalue weighted by Crippen LogP contribution is -2.18.